The van der Waals surface area contributed by atoms with E-state index in [0.717, 1.165) is 47.5 Å². The Kier molecular flexibility index (Phi) is 11.3. The van der Waals surface area contributed by atoms with Crippen molar-refractivity contribution in [1.82, 2.24) is 10.2 Å². The first-order chi connectivity index (χ1) is 20.6. The average Bonchev–Trinajstić information content (AvgIpc) is 3.00. The van der Waals surface area contributed by atoms with Gasteiger partial charge in [0.25, 0.3) is 10.0 Å². The van der Waals surface area contributed by atoms with Crippen LogP contribution in [0.25, 0.3) is 0 Å². The Morgan fingerprint density at radius 2 is 1.70 bits per heavy atom. The maximum Gasteiger partial charge on any atom is 0.264 e. The molecule has 1 aliphatic carbocycles. The first-order valence-electron chi connectivity index (χ1n) is 14.7. The Balaban J connectivity index is 1.71. The fraction of sp³-hybridized carbons (Fsp3) is 0.394. The molecule has 1 aliphatic rings. The number of benzene rings is 3. The van der Waals surface area contributed by atoms with Gasteiger partial charge < -0.3 is 15.0 Å². The third kappa shape index (κ3) is 8.38. The number of carbonyl (C=O) groups excluding carboxylic acids is 2. The van der Waals surface area contributed by atoms with E-state index in [1.807, 2.05) is 38.1 Å². The number of ether oxygens (including phenoxy) is 1. The van der Waals surface area contributed by atoms with E-state index < -0.39 is 28.5 Å². The monoisotopic (exact) mass is 669 g/mol. The van der Waals surface area contributed by atoms with E-state index in [9.17, 15) is 18.0 Å². The number of amides is 2. The molecule has 1 unspecified atom stereocenters. The first-order valence-corrected chi connectivity index (χ1v) is 16.9. The Labute approximate surface area is 263 Å². The molecule has 0 spiro atoms. The van der Waals surface area contributed by atoms with Gasteiger partial charge in [0, 0.05) is 17.1 Å². The number of hydrogen-bond donors (Lipinski definition) is 1. The molecule has 0 radical (unpaired) electrons. The number of nitrogens with one attached hydrogen (secondary N) is 1. The van der Waals surface area contributed by atoms with Gasteiger partial charge in [0.05, 0.1) is 17.7 Å². The van der Waals surface area contributed by atoms with E-state index in [4.69, 9.17) is 4.74 Å². The minimum Gasteiger partial charge on any atom is -0.497 e. The third-order valence-corrected chi connectivity index (χ3v) is 10.1. The number of methoxy groups -OCH3 is 1. The molecule has 1 atom stereocenters. The van der Waals surface area contributed by atoms with Crippen molar-refractivity contribution in [2.75, 3.05) is 18.0 Å². The molecule has 43 heavy (non-hydrogen) atoms. The molecule has 1 saturated carbocycles. The topological polar surface area (TPSA) is 96.0 Å². The summed E-state index contributed by atoms with van der Waals surface area (Å²) >= 11 is 3.43. The van der Waals surface area contributed by atoms with Crippen molar-refractivity contribution in [2.45, 2.75) is 75.9 Å². The van der Waals surface area contributed by atoms with Crippen LogP contribution < -0.4 is 14.4 Å². The van der Waals surface area contributed by atoms with Gasteiger partial charge in [-0.05, 0) is 74.2 Å². The summed E-state index contributed by atoms with van der Waals surface area (Å²) in [5, 5.41) is 3.17. The highest BCUT2D eigenvalue weighted by Gasteiger charge is 2.34. The van der Waals surface area contributed by atoms with Crippen LogP contribution in [0.5, 0.6) is 5.75 Å². The van der Waals surface area contributed by atoms with Gasteiger partial charge >= 0.3 is 0 Å². The van der Waals surface area contributed by atoms with E-state index in [-0.39, 0.29) is 23.4 Å². The highest BCUT2D eigenvalue weighted by molar-refractivity contribution is 9.10. The highest BCUT2D eigenvalue weighted by atomic mass is 79.9. The predicted octanol–water partition coefficient (Wildman–Crippen LogP) is 6.22. The van der Waals surface area contributed by atoms with Crippen molar-refractivity contribution in [3.8, 4) is 5.75 Å². The molecular formula is C33H40BrN3O5S. The number of aryl methyl sites for hydroxylation is 1. The molecular weight excluding hydrogens is 630 g/mol. The molecule has 1 fully saturated rings. The molecule has 1 N–H and O–H groups in total. The van der Waals surface area contributed by atoms with E-state index >= 15 is 0 Å². The van der Waals surface area contributed by atoms with Gasteiger partial charge in [0.15, 0.2) is 0 Å². The summed E-state index contributed by atoms with van der Waals surface area (Å²) in [6, 6.07) is 20.0. The van der Waals surface area contributed by atoms with Crippen LogP contribution in [0.15, 0.2) is 82.2 Å². The second-order valence-corrected chi connectivity index (χ2v) is 13.7. The van der Waals surface area contributed by atoms with Crippen LogP contribution >= 0.6 is 15.9 Å². The largest absolute Gasteiger partial charge is 0.497 e. The summed E-state index contributed by atoms with van der Waals surface area (Å²) in [7, 11) is -2.56. The molecule has 0 bridgehead atoms. The zero-order chi connectivity index (χ0) is 31.0. The van der Waals surface area contributed by atoms with E-state index in [2.05, 4.69) is 21.2 Å². The number of anilines is 1. The standard InChI is InChI=1S/C33H40BrN3O5S/c1-4-31(33(39)35-27-12-6-5-7-13-27)36(22-25-10-8-15-29(20-25)42-3)32(38)23-37(28-14-9-11-26(34)21-28)43(40,41)30-18-16-24(2)17-19-30/h8-11,14-21,27,31H,4-7,12-13,22-23H2,1-3H3,(H,35,39). The number of rotatable bonds is 12. The lowest BCUT2D eigenvalue weighted by Crippen LogP contribution is -2.54. The number of hydrogen-bond acceptors (Lipinski definition) is 5. The smallest absolute Gasteiger partial charge is 0.264 e. The first kappa shape index (κ1) is 32.5. The molecule has 0 aliphatic heterocycles. The molecule has 3 aromatic rings. The lowest BCUT2D eigenvalue weighted by Gasteiger charge is -2.34. The van der Waals surface area contributed by atoms with Gasteiger partial charge in [0.2, 0.25) is 11.8 Å². The van der Waals surface area contributed by atoms with Crippen LogP contribution in [0.1, 0.15) is 56.6 Å². The van der Waals surface area contributed by atoms with E-state index in [1.165, 1.54) is 4.90 Å². The highest BCUT2D eigenvalue weighted by Crippen LogP contribution is 2.28. The van der Waals surface area contributed by atoms with E-state index in [0.29, 0.717) is 22.3 Å². The SMILES string of the molecule is CCC(C(=O)NC1CCCCC1)N(Cc1cccc(OC)c1)C(=O)CN(c1cccc(Br)c1)S(=O)(=O)c1ccc(C)cc1. The van der Waals surface area contributed by atoms with Gasteiger partial charge in [-0.15, -0.1) is 0 Å². The summed E-state index contributed by atoms with van der Waals surface area (Å²) in [5.41, 5.74) is 2.03. The van der Waals surface area contributed by atoms with Crippen LogP contribution in [0.3, 0.4) is 0 Å². The van der Waals surface area contributed by atoms with Gasteiger partial charge in [-0.3, -0.25) is 13.9 Å². The zero-order valence-electron chi connectivity index (χ0n) is 25.0. The van der Waals surface area contributed by atoms with Gasteiger partial charge in [0.1, 0.15) is 18.3 Å². The predicted molar refractivity (Wildman–Crippen MR) is 172 cm³/mol. The maximum atomic E-state index is 14.3. The van der Waals surface area contributed by atoms with Crippen molar-refractivity contribution in [1.29, 1.82) is 0 Å². The van der Waals surface area contributed by atoms with Crippen molar-refractivity contribution < 1.29 is 22.7 Å². The molecule has 230 valence electrons. The molecule has 4 rings (SSSR count). The van der Waals surface area contributed by atoms with E-state index in [1.54, 1.807) is 55.6 Å². The van der Waals surface area contributed by atoms with Crippen LogP contribution in [0, 0.1) is 6.92 Å². The summed E-state index contributed by atoms with van der Waals surface area (Å²) < 4.78 is 35.3. The molecule has 0 saturated heterocycles. The Bertz CT molecular complexity index is 1510. The molecule has 8 nitrogen and oxygen atoms in total. The normalized spacial score (nSPS) is 14.5. The summed E-state index contributed by atoms with van der Waals surface area (Å²) in [4.78, 5) is 29.6. The Morgan fingerprint density at radius 3 is 2.35 bits per heavy atom. The van der Waals surface area contributed by atoms with Crippen LogP contribution in [-0.2, 0) is 26.2 Å². The van der Waals surface area contributed by atoms with Crippen LogP contribution in [-0.4, -0.2) is 50.9 Å². The molecule has 10 heteroatoms. The minimum absolute atomic E-state index is 0.0733. The quantitative estimate of drug-likeness (QED) is 0.247. The number of sulfonamides is 1. The summed E-state index contributed by atoms with van der Waals surface area (Å²) in [5.74, 6) is -0.0764. The Morgan fingerprint density at radius 1 is 1.00 bits per heavy atom. The molecule has 3 aromatic carbocycles. The molecule has 2 amide bonds. The van der Waals surface area contributed by atoms with Gasteiger partial charge in [-0.2, -0.15) is 0 Å². The van der Waals surface area contributed by atoms with Crippen LogP contribution in [0.4, 0.5) is 5.69 Å². The zero-order valence-corrected chi connectivity index (χ0v) is 27.4. The third-order valence-electron chi connectivity index (χ3n) is 7.81. The number of halogens is 1. The van der Waals surface area contributed by atoms with Crippen molar-refractivity contribution in [3.63, 3.8) is 0 Å². The fourth-order valence-electron chi connectivity index (χ4n) is 5.43. The second-order valence-electron chi connectivity index (χ2n) is 10.9. The molecule has 0 aromatic heterocycles. The lowest BCUT2D eigenvalue weighted by molar-refractivity contribution is -0.140. The minimum atomic E-state index is -4.13. The number of carbonyl (C=O) groups is 2. The van der Waals surface area contributed by atoms with Crippen molar-refractivity contribution in [2.24, 2.45) is 0 Å². The van der Waals surface area contributed by atoms with Crippen molar-refractivity contribution in [3.05, 3.63) is 88.4 Å². The second kappa shape index (κ2) is 14.9. The van der Waals surface area contributed by atoms with Gasteiger partial charge in [-0.25, -0.2) is 8.42 Å². The summed E-state index contributed by atoms with van der Waals surface area (Å²) in [6.07, 6.45) is 5.48. The Hall–Kier alpha value is -3.37. The summed E-state index contributed by atoms with van der Waals surface area (Å²) in [6.45, 7) is 3.38. The number of nitrogens with zero attached hydrogens (tertiary/aromatic N) is 2. The maximum absolute atomic E-state index is 14.3. The fourth-order valence-corrected chi connectivity index (χ4v) is 7.22. The average molecular weight is 671 g/mol. The van der Waals surface area contributed by atoms with Crippen LogP contribution in [0.2, 0.25) is 0 Å². The van der Waals surface area contributed by atoms with Gasteiger partial charge in [-0.1, -0.05) is 78.0 Å². The molecule has 0 heterocycles. The lowest BCUT2D eigenvalue weighted by atomic mass is 9.95. The van der Waals surface area contributed by atoms with Crippen molar-refractivity contribution >= 4 is 43.5 Å².